The van der Waals surface area contributed by atoms with Crippen LogP contribution in [0.3, 0.4) is 0 Å². The van der Waals surface area contributed by atoms with Crippen molar-refractivity contribution >= 4 is 11.4 Å². The van der Waals surface area contributed by atoms with E-state index in [0.717, 1.165) is 17.7 Å². The van der Waals surface area contributed by atoms with Crippen molar-refractivity contribution < 1.29 is 4.79 Å². The van der Waals surface area contributed by atoms with E-state index >= 15 is 0 Å². The third-order valence-electron chi connectivity index (χ3n) is 2.88. The van der Waals surface area contributed by atoms with Gasteiger partial charge < -0.3 is 4.90 Å². The minimum Gasteiger partial charge on any atom is -0.375 e. The molecule has 2 nitrogen and oxygen atoms in total. The van der Waals surface area contributed by atoms with Gasteiger partial charge in [-0.15, -0.1) is 0 Å². The van der Waals surface area contributed by atoms with Gasteiger partial charge in [-0.3, -0.25) is 4.79 Å². The third kappa shape index (κ3) is 1.67. The van der Waals surface area contributed by atoms with Crippen LogP contribution in [-0.2, 0) is 11.3 Å². The lowest BCUT2D eigenvalue weighted by Crippen LogP contribution is -2.10. The van der Waals surface area contributed by atoms with E-state index < -0.39 is 0 Å². The summed E-state index contributed by atoms with van der Waals surface area (Å²) < 4.78 is 0. The maximum absolute atomic E-state index is 11.6. The average molecular weight is 201 g/mol. The number of hydrogen-bond donors (Lipinski definition) is 0. The largest absolute Gasteiger partial charge is 0.375 e. The quantitative estimate of drug-likeness (QED) is 0.695. The first kappa shape index (κ1) is 9.97. The molecule has 0 spiro atoms. The van der Waals surface area contributed by atoms with Gasteiger partial charge in [-0.25, -0.2) is 0 Å². The predicted molar refractivity (Wildman–Crippen MR) is 61.3 cm³/mol. The van der Waals surface area contributed by atoms with Crippen molar-refractivity contribution in [2.24, 2.45) is 0 Å². The van der Waals surface area contributed by atoms with Gasteiger partial charge in [-0.1, -0.05) is 18.2 Å². The van der Waals surface area contributed by atoms with Crippen molar-refractivity contribution in [3.05, 3.63) is 41.1 Å². The number of rotatable bonds is 1. The lowest BCUT2D eigenvalue weighted by molar-refractivity contribution is -0.111. The van der Waals surface area contributed by atoms with Crippen molar-refractivity contribution in [1.82, 2.24) is 4.90 Å². The molecule has 0 amide bonds. The van der Waals surface area contributed by atoms with Crippen LogP contribution in [0.15, 0.2) is 24.4 Å². The molecule has 0 fully saturated rings. The number of Topliss-reactive ketones (excluding diaryl/α,β-unsaturated/α-hetero) is 1. The van der Waals surface area contributed by atoms with Crippen LogP contribution in [-0.4, -0.2) is 17.7 Å². The zero-order valence-electron chi connectivity index (χ0n) is 9.37. The first-order valence-electron chi connectivity index (χ1n) is 5.11. The van der Waals surface area contributed by atoms with Crippen molar-refractivity contribution in [1.29, 1.82) is 0 Å². The smallest absolute Gasteiger partial charge is 0.161 e. The Morgan fingerprint density at radius 2 is 2.13 bits per heavy atom. The van der Waals surface area contributed by atoms with Crippen molar-refractivity contribution in [2.45, 2.75) is 20.4 Å². The van der Waals surface area contributed by atoms with Gasteiger partial charge in [-0.05, 0) is 30.5 Å². The number of carbonyl (C=O) groups excluding carboxylic acids is 1. The van der Waals surface area contributed by atoms with Gasteiger partial charge >= 0.3 is 0 Å². The van der Waals surface area contributed by atoms with Gasteiger partial charge in [0.25, 0.3) is 0 Å². The van der Waals surface area contributed by atoms with Crippen LogP contribution in [0.2, 0.25) is 0 Å². The molecule has 78 valence electrons. The summed E-state index contributed by atoms with van der Waals surface area (Å²) in [6.07, 6.45) is 1.94. The molecule has 2 heteroatoms. The molecule has 1 aromatic rings. The average Bonchev–Trinajstić information content (AvgIpc) is 2.26. The summed E-state index contributed by atoms with van der Waals surface area (Å²) in [5, 5.41) is 0. The predicted octanol–water partition coefficient (Wildman–Crippen LogP) is 2.37. The minimum absolute atomic E-state index is 0.129. The molecule has 2 bridgehead atoms. The molecule has 1 heterocycles. The molecule has 0 aliphatic carbocycles. The van der Waals surface area contributed by atoms with E-state index in [1.54, 1.807) is 6.92 Å². The summed E-state index contributed by atoms with van der Waals surface area (Å²) in [4.78, 5) is 13.6. The highest BCUT2D eigenvalue weighted by Gasteiger charge is 2.16. The normalized spacial score (nSPS) is 14.6. The topological polar surface area (TPSA) is 20.3 Å². The number of ketones is 1. The van der Waals surface area contributed by atoms with E-state index in [9.17, 15) is 4.79 Å². The van der Waals surface area contributed by atoms with Crippen LogP contribution >= 0.6 is 0 Å². The van der Waals surface area contributed by atoms with E-state index in [1.807, 2.05) is 25.4 Å². The second-order valence-electron chi connectivity index (χ2n) is 4.10. The minimum atomic E-state index is 0.129. The van der Waals surface area contributed by atoms with Crippen molar-refractivity contribution in [3.8, 4) is 0 Å². The van der Waals surface area contributed by atoms with Crippen LogP contribution in [0.4, 0.5) is 0 Å². The van der Waals surface area contributed by atoms with Crippen LogP contribution in [0.5, 0.6) is 0 Å². The van der Waals surface area contributed by atoms with Gasteiger partial charge in [0.2, 0.25) is 0 Å². The van der Waals surface area contributed by atoms with E-state index in [2.05, 4.69) is 17.9 Å². The van der Waals surface area contributed by atoms with Gasteiger partial charge in [0.05, 0.1) is 0 Å². The monoisotopic (exact) mass is 201 g/mol. The van der Waals surface area contributed by atoms with E-state index in [1.165, 1.54) is 11.1 Å². The zero-order valence-corrected chi connectivity index (χ0v) is 9.37. The third-order valence-corrected chi connectivity index (χ3v) is 2.88. The Balaban J connectivity index is 2.65. The lowest BCUT2D eigenvalue weighted by Gasteiger charge is -2.12. The highest BCUT2D eigenvalue weighted by atomic mass is 16.1. The Hall–Kier alpha value is -1.57. The first-order chi connectivity index (χ1) is 7.09. The van der Waals surface area contributed by atoms with Crippen molar-refractivity contribution in [2.75, 3.05) is 7.05 Å². The van der Waals surface area contributed by atoms with Crippen LogP contribution in [0.1, 0.15) is 23.6 Å². The van der Waals surface area contributed by atoms with Gasteiger partial charge in [0, 0.05) is 25.4 Å². The molecule has 0 N–H and O–H groups in total. The second-order valence-corrected chi connectivity index (χ2v) is 4.10. The maximum atomic E-state index is 11.6. The fourth-order valence-electron chi connectivity index (χ4n) is 2.03. The Bertz CT molecular complexity index is 446. The first-order valence-corrected chi connectivity index (χ1v) is 5.11. The molecule has 0 aromatic heterocycles. The standard InChI is InChI=1S/C13H15NO/c1-9-11-5-4-6-12(9)13(10(2)15)8-14(3)7-11/h4-6,8H,7H2,1-3H3. The molecule has 0 saturated heterocycles. The molecule has 1 aliphatic rings. The zero-order chi connectivity index (χ0) is 11.0. The molecular weight excluding hydrogens is 186 g/mol. The van der Waals surface area contributed by atoms with E-state index in [4.69, 9.17) is 0 Å². The molecule has 0 saturated carbocycles. The summed E-state index contributed by atoms with van der Waals surface area (Å²) in [6, 6.07) is 6.16. The maximum Gasteiger partial charge on any atom is 0.161 e. The van der Waals surface area contributed by atoms with E-state index in [-0.39, 0.29) is 5.78 Å². The van der Waals surface area contributed by atoms with Crippen LogP contribution in [0, 0.1) is 6.92 Å². The second kappa shape index (κ2) is 3.54. The summed E-state index contributed by atoms with van der Waals surface area (Å²) in [5.41, 5.74) is 4.41. The number of hydrogen-bond acceptors (Lipinski definition) is 2. The molecule has 0 unspecified atom stereocenters. The number of carbonyl (C=O) groups is 1. The Labute approximate surface area is 90.2 Å². The SMILES string of the molecule is CC(=O)C1=CN(C)Cc2cccc1c2C. The van der Waals surface area contributed by atoms with Crippen molar-refractivity contribution in [3.63, 3.8) is 0 Å². The number of nitrogens with zero attached hydrogens (tertiary/aromatic N) is 1. The summed E-state index contributed by atoms with van der Waals surface area (Å²) in [5.74, 6) is 0.129. The molecule has 0 radical (unpaired) electrons. The highest BCUT2D eigenvalue weighted by molar-refractivity contribution is 6.19. The number of fused-ring (bicyclic) bond motifs is 2. The Morgan fingerprint density at radius 3 is 2.80 bits per heavy atom. The number of benzene rings is 1. The Kier molecular flexibility index (Phi) is 2.35. The molecule has 2 rings (SSSR count). The fraction of sp³-hybridized carbons (Fsp3) is 0.308. The molecular formula is C13H15NO. The Morgan fingerprint density at radius 1 is 1.40 bits per heavy atom. The molecule has 15 heavy (non-hydrogen) atoms. The van der Waals surface area contributed by atoms with E-state index in [0.29, 0.717) is 0 Å². The van der Waals surface area contributed by atoms with Gasteiger partial charge in [0.1, 0.15) is 0 Å². The number of allylic oxidation sites excluding steroid dienone is 1. The van der Waals surface area contributed by atoms with Gasteiger partial charge in [-0.2, -0.15) is 0 Å². The van der Waals surface area contributed by atoms with Crippen LogP contribution in [0.25, 0.3) is 5.57 Å². The van der Waals surface area contributed by atoms with Gasteiger partial charge in [0.15, 0.2) is 5.78 Å². The lowest BCUT2D eigenvalue weighted by atomic mass is 9.96. The van der Waals surface area contributed by atoms with Crippen LogP contribution < -0.4 is 0 Å². The molecule has 1 aromatic carbocycles. The summed E-state index contributed by atoms with van der Waals surface area (Å²) in [7, 11) is 2.00. The fourth-order valence-corrected chi connectivity index (χ4v) is 2.03. The summed E-state index contributed by atoms with van der Waals surface area (Å²) >= 11 is 0. The summed E-state index contributed by atoms with van der Waals surface area (Å²) in [6.45, 7) is 4.58. The highest BCUT2D eigenvalue weighted by Crippen LogP contribution is 2.27. The molecule has 0 atom stereocenters. The molecule has 1 aliphatic heterocycles.